The van der Waals surface area contributed by atoms with Crippen molar-refractivity contribution in [2.24, 2.45) is 28.1 Å². The van der Waals surface area contributed by atoms with Crippen molar-refractivity contribution in [1.29, 1.82) is 0 Å². The van der Waals surface area contributed by atoms with Gasteiger partial charge in [-0.15, -0.1) is 6.58 Å². The lowest BCUT2D eigenvalue weighted by molar-refractivity contribution is -0.226. The van der Waals surface area contributed by atoms with Crippen molar-refractivity contribution in [2.75, 3.05) is 0 Å². The van der Waals surface area contributed by atoms with Crippen molar-refractivity contribution in [3.63, 3.8) is 0 Å². The Labute approximate surface area is 135 Å². The predicted molar refractivity (Wildman–Crippen MR) is 89.4 cm³/mol. The van der Waals surface area contributed by atoms with E-state index >= 15 is 0 Å². The Kier molecular flexibility index (Phi) is 3.46. The summed E-state index contributed by atoms with van der Waals surface area (Å²) in [4.78, 5) is 12.9. The zero-order chi connectivity index (χ0) is 16.4. The molecule has 2 nitrogen and oxygen atoms in total. The topological polar surface area (TPSA) is 37.3 Å². The van der Waals surface area contributed by atoms with Gasteiger partial charge in [0.2, 0.25) is 0 Å². The van der Waals surface area contributed by atoms with E-state index in [0.717, 1.165) is 25.7 Å². The van der Waals surface area contributed by atoms with Gasteiger partial charge in [0.05, 0.1) is 5.60 Å². The maximum absolute atomic E-state index is 12.9. The van der Waals surface area contributed by atoms with E-state index in [4.69, 9.17) is 0 Å². The third kappa shape index (κ3) is 1.99. The van der Waals surface area contributed by atoms with E-state index in [0.29, 0.717) is 18.1 Å². The van der Waals surface area contributed by atoms with Crippen LogP contribution >= 0.6 is 0 Å². The second kappa shape index (κ2) is 4.69. The quantitative estimate of drug-likeness (QED) is 0.723. The average Bonchev–Trinajstić information content (AvgIpc) is 2.44. The van der Waals surface area contributed by atoms with Gasteiger partial charge in [0, 0.05) is 17.8 Å². The first-order chi connectivity index (χ1) is 10.1. The summed E-state index contributed by atoms with van der Waals surface area (Å²) in [6, 6.07) is 0. The number of hydrogen-bond acceptors (Lipinski definition) is 2. The number of hydrogen-bond donors (Lipinski definition) is 1. The number of allylic oxidation sites excluding steroid dienone is 1. The lowest BCUT2D eigenvalue weighted by Gasteiger charge is -2.65. The van der Waals surface area contributed by atoms with Crippen molar-refractivity contribution in [3.8, 4) is 0 Å². The molecule has 0 radical (unpaired) electrons. The van der Waals surface area contributed by atoms with Crippen molar-refractivity contribution in [1.82, 2.24) is 0 Å². The Bertz CT molecular complexity index is 508. The first-order valence-electron chi connectivity index (χ1n) is 8.97. The van der Waals surface area contributed by atoms with E-state index in [-0.39, 0.29) is 22.2 Å². The van der Waals surface area contributed by atoms with Crippen molar-refractivity contribution < 1.29 is 9.90 Å². The number of rotatable bonds is 1. The summed E-state index contributed by atoms with van der Waals surface area (Å²) in [5.41, 5.74) is -0.772. The standard InChI is InChI=1S/C20H32O2/c1-6-18(4)10-11-20(22)14(13-18)15(21)12-16-17(2,3)8-7-9-19(16,20)5/h6,14,16,22H,1,7-13H2,2-5H3/t14-,16+,18+,19+,20-/m1/s1. The molecule has 3 aliphatic carbocycles. The summed E-state index contributed by atoms with van der Waals surface area (Å²) in [5.74, 6) is 0.419. The van der Waals surface area contributed by atoms with Crippen LogP contribution in [-0.4, -0.2) is 16.5 Å². The predicted octanol–water partition coefficient (Wildman–Crippen LogP) is 4.52. The second-order valence-electron chi connectivity index (χ2n) is 9.52. The number of carbonyl (C=O) groups excluding carboxylic acids is 1. The summed E-state index contributed by atoms with van der Waals surface area (Å²) in [7, 11) is 0. The molecule has 0 aromatic carbocycles. The fourth-order valence-electron chi connectivity index (χ4n) is 6.12. The van der Waals surface area contributed by atoms with Gasteiger partial charge in [-0.05, 0) is 48.9 Å². The fraction of sp³-hybridized carbons (Fsp3) is 0.850. The third-order valence-electron chi connectivity index (χ3n) is 7.83. The molecule has 0 aliphatic heterocycles. The average molecular weight is 304 g/mol. The lowest BCUT2D eigenvalue weighted by atomic mass is 9.41. The largest absolute Gasteiger partial charge is 0.389 e. The van der Waals surface area contributed by atoms with E-state index in [1.165, 1.54) is 12.8 Å². The summed E-state index contributed by atoms with van der Waals surface area (Å²) >= 11 is 0. The molecule has 0 heterocycles. The number of ketones is 1. The normalized spacial score (nSPS) is 50.9. The highest BCUT2D eigenvalue weighted by Gasteiger charge is 2.66. The van der Waals surface area contributed by atoms with Crippen LogP contribution < -0.4 is 0 Å². The van der Waals surface area contributed by atoms with Crippen molar-refractivity contribution >= 4 is 5.78 Å². The maximum atomic E-state index is 12.9. The minimum atomic E-state index is -0.812. The highest BCUT2D eigenvalue weighted by molar-refractivity contribution is 5.84. The molecular formula is C20H32O2. The van der Waals surface area contributed by atoms with E-state index in [9.17, 15) is 9.90 Å². The summed E-state index contributed by atoms with van der Waals surface area (Å²) in [6.07, 6.45) is 8.52. The minimum absolute atomic E-state index is 0.0000615. The molecule has 2 heteroatoms. The molecule has 0 aromatic heterocycles. The molecule has 0 spiro atoms. The molecule has 3 aliphatic rings. The fourth-order valence-corrected chi connectivity index (χ4v) is 6.12. The van der Waals surface area contributed by atoms with Gasteiger partial charge < -0.3 is 5.11 Å². The van der Waals surface area contributed by atoms with Crippen LogP contribution in [0.25, 0.3) is 0 Å². The molecule has 0 amide bonds. The summed E-state index contributed by atoms with van der Waals surface area (Å²) < 4.78 is 0. The summed E-state index contributed by atoms with van der Waals surface area (Å²) in [6.45, 7) is 13.0. The first-order valence-corrected chi connectivity index (χ1v) is 8.97. The molecule has 3 saturated carbocycles. The number of Topliss-reactive ketones (excluding diaryl/α,β-unsaturated/α-hetero) is 1. The molecule has 5 atom stereocenters. The molecule has 0 saturated heterocycles. The molecule has 1 N–H and O–H groups in total. The molecule has 0 aromatic rings. The van der Waals surface area contributed by atoms with Gasteiger partial charge in [-0.25, -0.2) is 0 Å². The molecular weight excluding hydrogens is 272 g/mol. The smallest absolute Gasteiger partial charge is 0.139 e. The van der Waals surface area contributed by atoms with Gasteiger partial charge in [-0.1, -0.05) is 40.2 Å². The van der Waals surface area contributed by atoms with Gasteiger partial charge in [0.1, 0.15) is 5.78 Å². The Morgan fingerprint density at radius 2 is 1.82 bits per heavy atom. The second-order valence-corrected chi connectivity index (χ2v) is 9.52. The molecule has 0 bridgehead atoms. The van der Waals surface area contributed by atoms with Crippen LogP contribution in [0.2, 0.25) is 0 Å². The first kappa shape index (κ1) is 16.2. The Morgan fingerprint density at radius 1 is 1.14 bits per heavy atom. The molecule has 3 rings (SSSR count). The van der Waals surface area contributed by atoms with Gasteiger partial charge in [-0.3, -0.25) is 4.79 Å². The van der Waals surface area contributed by atoms with Crippen molar-refractivity contribution in [3.05, 3.63) is 12.7 Å². The SMILES string of the molecule is C=C[C@@]1(C)CC[C@@]2(O)[C@H](C1)C(=O)C[C@H]1C(C)(C)CCC[C@@]12C. The van der Waals surface area contributed by atoms with Crippen LogP contribution in [0.3, 0.4) is 0 Å². The summed E-state index contributed by atoms with van der Waals surface area (Å²) in [5, 5.41) is 11.7. The highest BCUT2D eigenvalue weighted by Crippen LogP contribution is 2.66. The van der Waals surface area contributed by atoms with Crippen LogP contribution in [0.4, 0.5) is 0 Å². The zero-order valence-corrected chi connectivity index (χ0v) is 14.7. The van der Waals surface area contributed by atoms with Crippen LogP contribution in [0.1, 0.15) is 72.6 Å². The zero-order valence-electron chi connectivity index (χ0n) is 14.7. The van der Waals surface area contributed by atoms with Crippen LogP contribution in [-0.2, 0) is 4.79 Å². The molecule has 124 valence electrons. The van der Waals surface area contributed by atoms with E-state index < -0.39 is 5.60 Å². The Morgan fingerprint density at radius 3 is 2.45 bits per heavy atom. The highest BCUT2D eigenvalue weighted by atomic mass is 16.3. The number of fused-ring (bicyclic) bond motifs is 3. The molecule has 0 unspecified atom stereocenters. The van der Waals surface area contributed by atoms with Gasteiger partial charge >= 0.3 is 0 Å². The number of aliphatic hydroxyl groups is 1. The van der Waals surface area contributed by atoms with Gasteiger partial charge in [0.15, 0.2) is 0 Å². The van der Waals surface area contributed by atoms with E-state index in [1.54, 1.807) is 0 Å². The number of carbonyl (C=O) groups is 1. The van der Waals surface area contributed by atoms with Gasteiger partial charge in [-0.2, -0.15) is 0 Å². The van der Waals surface area contributed by atoms with E-state index in [2.05, 4.69) is 34.3 Å². The lowest BCUT2D eigenvalue weighted by Crippen LogP contribution is -2.67. The van der Waals surface area contributed by atoms with Crippen LogP contribution in [0.15, 0.2) is 12.7 Å². The minimum Gasteiger partial charge on any atom is -0.389 e. The molecule has 3 fully saturated rings. The van der Waals surface area contributed by atoms with E-state index in [1.807, 2.05) is 6.08 Å². The monoisotopic (exact) mass is 304 g/mol. The van der Waals surface area contributed by atoms with Crippen LogP contribution in [0.5, 0.6) is 0 Å². The third-order valence-corrected chi connectivity index (χ3v) is 7.83. The maximum Gasteiger partial charge on any atom is 0.139 e. The Balaban J connectivity index is 2.04. The van der Waals surface area contributed by atoms with Gasteiger partial charge in [0.25, 0.3) is 0 Å². The molecule has 22 heavy (non-hydrogen) atoms. The van der Waals surface area contributed by atoms with Crippen LogP contribution in [0, 0.1) is 28.1 Å². The van der Waals surface area contributed by atoms with Crippen molar-refractivity contribution in [2.45, 2.75) is 78.2 Å². The Hall–Kier alpha value is -0.630.